The number of imidazole rings is 1. The number of aryl methyl sites for hydroxylation is 1. The van der Waals surface area contributed by atoms with E-state index in [-0.39, 0.29) is 15.8 Å². The largest absolute Gasteiger partial charge is 0.342 e. The van der Waals surface area contributed by atoms with E-state index in [0.29, 0.717) is 25.9 Å². The van der Waals surface area contributed by atoms with Crippen molar-refractivity contribution in [3.05, 3.63) is 58.6 Å². The topological polar surface area (TPSA) is 66.1 Å². The predicted octanol–water partition coefficient (Wildman–Crippen LogP) is 4.23. The molecule has 1 aliphatic rings. The van der Waals surface area contributed by atoms with E-state index in [4.69, 9.17) is 11.6 Å². The zero-order valence-electron chi connectivity index (χ0n) is 14.7. The van der Waals surface area contributed by atoms with Gasteiger partial charge >= 0.3 is 0 Å². The number of aromatic amines is 1. The first-order valence-electron chi connectivity index (χ1n) is 8.76. The number of aromatic nitrogens is 2. The van der Waals surface area contributed by atoms with E-state index in [0.717, 1.165) is 28.5 Å². The number of nitrogens with one attached hydrogen (secondary N) is 1. The van der Waals surface area contributed by atoms with Gasteiger partial charge in [0, 0.05) is 19.0 Å². The number of rotatable bonds is 3. The lowest BCUT2D eigenvalue weighted by Gasteiger charge is -2.30. The molecule has 1 fully saturated rings. The van der Waals surface area contributed by atoms with Crippen LogP contribution in [0, 0.1) is 12.7 Å². The second-order valence-electron chi connectivity index (χ2n) is 6.90. The minimum Gasteiger partial charge on any atom is -0.342 e. The molecule has 8 heteroatoms. The molecule has 142 valence electrons. The molecule has 1 N–H and O–H groups in total. The maximum Gasteiger partial charge on any atom is 0.243 e. The first kappa shape index (κ1) is 18.4. The molecule has 4 rings (SSSR count). The lowest BCUT2D eigenvalue weighted by Crippen LogP contribution is -2.38. The van der Waals surface area contributed by atoms with Crippen LogP contribution in [0.2, 0.25) is 5.02 Å². The summed E-state index contributed by atoms with van der Waals surface area (Å²) in [6.45, 7) is 2.77. The fraction of sp³-hybridized carbons (Fsp3) is 0.316. The third kappa shape index (κ3) is 3.47. The van der Waals surface area contributed by atoms with Gasteiger partial charge in [0.15, 0.2) is 0 Å². The van der Waals surface area contributed by atoms with Crippen molar-refractivity contribution < 1.29 is 12.8 Å². The highest BCUT2D eigenvalue weighted by molar-refractivity contribution is 7.89. The number of sulfonamides is 1. The molecule has 0 bridgehead atoms. The van der Waals surface area contributed by atoms with E-state index >= 15 is 0 Å². The summed E-state index contributed by atoms with van der Waals surface area (Å²) in [4.78, 5) is 7.95. The number of hydrogen-bond donors (Lipinski definition) is 1. The average Bonchev–Trinajstić information content (AvgIpc) is 3.07. The Labute approximate surface area is 162 Å². The zero-order valence-corrected chi connectivity index (χ0v) is 16.3. The summed E-state index contributed by atoms with van der Waals surface area (Å²) in [5.41, 5.74) is 3.08. The molecule has 0 unspecified atom stereocenters. The van der Waals surface area contributed by atoms with Gasteiger partial charge in [-0.25, -0.2) is 17.8 Å². The Balaban J connectivity index is 1.51. The standard InChI is InChI=1S/C19H19ClFN3O2S/c1-12-2-5-17-18(10-12)23-19(22-17)13-6-8-24(9-7-13)27(25,26)14-3-4-15(20)16(21)11-14/h2-5,10-11,13H,6-9H2,1H3,(H,22,23). The molecule has 0 atom stereocenters. The van der Waals surface area contributed by atoms with Gasteiger partial charge in [-0.3, -0.25) is 0 Å². The molecule has 2 heterocycles. The highest BCUT2D eigenvalue weighted by Crippen LogP contribution is 2.31. The fourth-order valence-corrected chi connectivity index (χ4v) is 5.09. The van der Waals surface area contributed by atoms with E-state index < -0.39 is 15.8 Å². The Kier molecular flexibility index (Phi) is 4.70. The number of H-pyrrole nitrogens is 1. The van der Waals surface area contributed by atoms with Gasteiger partial charge in [0.1, 0.15) is 11.6 Å². The first-order chi connectivity index (χ1) is 12.8. The summed E-state index contributed by atoms with van der Waals surface area (Å²) in [5, 5.41) is -0.0900. The number of halogens is 2. The average molecular weight is 408 g/mol. The maximum absolute atomic E-state index is 13.7. The fourth-order valence-electron chi connectivity index (χ4n) is 3.49. The van der Waals surface area contributed by atoms with Crippen LogP contribution < -0.4 is 0 Å². The normalized spacial score (nSPS) is 16.9. The zero-order chi connectivity index (χ0) is 19.2. The summed E-state index contributed by atoms with van der Waals surface area (Å²) >= 11 is 5.65. The Bertz CT molecular complexity index is 1110. The lowest BCUT2D eigenvalue weighted by molar-refractivity contribution is 0.314. The molecule has 1 aliphatic heterocycles. The quantitative estimate of drug-likeness (QED) is 0.706. The van der Waals surface area contributed by atoms with Crippen LogP contribution in [0.15, 0.2) is 41.3 Å². The van der Waals surface area contributed by atoms with Crippen LogP contribution in [-0.4, -0.2) is 35.8 Å². The third-order valence-electron chi connectivity index (χ3n) is 5.03. The highest BCUT2D eigenvalue weighted by Gasteiger charge is 2.31. The minimum atomic E-state index is -3.73. The van der Waals surface area contributed by atoms with Gasteiger partial charge in [-0.1, -0.05) is 17.7 Å². The van der Waals surface area contributed by atoms with Gasteiger partial charge in [0.2, 0.25) is 10.0 Å². The molecule has 0 saturated carbocycles. The Morgan fingerprint density at radius 1 is 1.19 bits per heavy atom. The molecule has 0 amide bonds. The van der Waals surface area contributed by atoms with Crippen LogP contribution in [0.25, 0.3) is 11.0 Å². The molecular formula is C19H19ClFN3O2S. The first-order valence-corrected chi connectivity index (χ1v) is 10.6. The number of benzene rings is 2. The van der Waals surface area contributed by atoms with E-state index in [2.05, 4.69) is 16.0 Å². The molecule has 1 aromatic heterocycles. The van der Waals surface area contributed by atoms with Crippen molar-refractivity contribution >= 4 is 32.7 Å². The summed E-state index contributed by atoms with van der Waals surface area (Å²) in [5.74, 6) is 0.335. The van der Waals surface area contributed by atoms with E-state index in [1.54, 1.807) is 0 Å². The van der Waals surface area contributed by atoms with Crippen LogP contribution >= 0.6 is 11.6 Å². The monoisotopic (exact) mass is 407 g/mol. The van der Waals surface area contributed by atoms with Gasteiger partial charge in [0.25, 0.3) is 0 Å². The number of nitrogens with zero attached hydrogens (tertiary/aromatic N) is 2. The van der Waals surface area contributed by atoms with Crippen LogP contribution in [0.5, 0.6) is 0 Å². The number of fused-ring (bicyclic) bond motifs is 1. The summed E-state index contributed by atoms with van der Waals surface area (Å²) < 4.78 is 40.6. The van der Waals surface area contributed by atoms with E-state index in [9.17, 15) is 12.8 Å². The number of piperidine rings is 1. The molecule has 0 spiro atoms. The van der Waals surface area contributed by atoms with Crippen LogP contribution in [-0.2, 0) is 10.0 Å². The minimum absolute atomic E-state index is 0.0675. The molecule has 5 nitrogen and oxygen atoms in total. The summed E-state index contributed by atoms with van der Waals surface area (Å²) in [6, 6.07) is 9.65. The van der Waals surface area contributed by atoms with Crippen molar-refractivity contribution in [3.8, 4) is 0 Å². The second-order valence-corrected chi connectivity index (χ2v) is 9.24. The lowest BCUT2D eigenvalue weighted by atomic mass is 9.97. The smallest absolute Gasteiger partial charge is 0.243 e. The van der Waals surface area contributed by atoms with Gasteiger partial charge in [0.05, 0.1) is 21.0 Å². The Hall–Kier alpha value is -1.96. The maximum atomic E-state index is 13.7. The van der Waals surface area contributed by atoms with Crippen molar-refractivity contribution in [1.82, 2.24) is 14.3 Å². The van der Waals surface area contributed by atoms with Gasteiger partial charge in [-0.05, 0) is 55.7 Å². The van der Waals surface area contributed by atoms with Crippen LogP contribution in [0.4, 0.5) is 4.39 Å². The molecule has 27 heavy (non-hydrogen) atoms. The van der Waals surface area contributed by atoms with E-state index in [1.165, 1.54) is 16.4 Å². The molecular weight excluding hydrogens is 389 g/mol. The molecule has 2 aromatic carbocycles. The predicted molar refractivity (Wildman–Crippen MR) is 103 cm³/mol. The molecule has 0 radical (unpaired) electrons. The highest BCUT2D eigenvalue weighted by atomic mass is 35.5. The molecule has 0 aliphatic carbocycles. The van der Waals surface area contributed by atoms with Crippen molar-refractivity contribution in [2.75, 3.05) is 13.1 Å². The molecule has 3 aromatic rings. The summed E-state index contributed by atoms with van der Waals surface area (Å²) in [7, 11) is -3.73. The van der Waals surface area contributed by atoms with Gasteiger partial charge in [-0.2, -0.15) is 4.31 Å². The Morgan fingerprint density at radius 3 is 2.63 bits per heavy atom. The van der Waals surface area contributed by atoms with Crippen molar-refractivity contribution in [1.29, 1.82) is 0 Å². The van der Waals surface area contributed by atoms with Gasteiger partial charge in [-0.15, -0.1) is 0 Å². The van der Waals surface area contributed by atoms with Crippen molar-refractivity contribution in [2.24, 2.45) is 0 Å². The van der Waals surface area contributed by atoms with Crippen LogP contribution in [0.1, 0.15) is 30.1 Å². The SMILES string of the molecule is Cc1ccc2nc(C3CCN(S(=O)(=O)c4ccc(Cl)c(F)c4)CC3)[nH]c2c1. The Morgan fingerprint density at radius 2 is 1.93 bits per heavy atom. The number of hydrogen-bond acceptors (Lipinski definition) is 3. The van der Waals surface area contributed by atoms with Crippen molar-refractivity contribution in [2.45, 2.75) is 30.6 Å². The van der Waals surface area contributed by atoms with Crippen molar-refractivity contribution in [3.63, 3.8) is 0 Å². The van der Waals surface area contributed by atoms with E-state index in [1.807, 2.05) is 19.1 Å². The molecule has 1 saturated heterocycles. The van der Waals surface area contributed by atoms with Crippen LogP contribution in [0.3, 0.4) is 0 Å². The third-order valence-corrected chi connectivity index (χ3v) is 7.23. The summed E-state index contributed by atoms with van der Waals surface area (Å²) in [6.07, 6.45) is 1.32. The second kappa shape index (κ2) is 6.89. The van der Waals surface area contributed by atoms with Gasteiger partial charge < -0.3 is 4.98 Å².